The minimum atomic E-state index is 0.0180. The lowest BCUT2D eigenvalue weighted by Gasteiger charge is -2.29. The van der Waals surface area contributed by atoms with Crippen molar-refractivity contribution < 1.29 is 0 Å². The van der Waals surface area contributed by atoms with E-state index in [1.54, 1.807) is 0 Å². The van der Waals surface area contributed by atoms with Gasteiger partial charge in [-0.2, -0.15) is 0 Å². The Morgan fingerprint density at radius 3 is 3.06 bits per heavy atom. The third-order valence-electron chi connectivity index (χ3n) is 3.84. The zero-order chi connectivity index (χ0) is 12.5. The molecular formula is C14H19N3O. The summed E-state index contributed by atoms with van der Waals surface area (Å²) in [6.45, 7) is 3.10. The Morgan fingerprint density at radius 2 is 2.22 bits per heavy atom. The minimum absolute atomic E-state index is 0.0180. The largest absolute Gasteiger partial charge is 0.326 e. The van der Waals surface area contributed by atoms with E-state index in [1.807, 2.05) is 28.8 Å². The molecule has 2 heterocycles. The van der Waals surface area contributed by atoms with Gasteiger partial charge in [0.1, 0.15) is 0 Å². The number of fused-ring (bicyclic) bond motifs is 1. The van der Waals surface area contributed by atoms with Crippen LogP contribution in [0.5, 0.6) is 0 Å². The van der Waals surface area contributed by atoms with E-state index < -0.39 is 0 Å². The van der Waals surface area contributed by atoms with Gasteiger partial charge in [-0.1, -0.05) is 12.1 Å². The molecule has 1 aliphatic rings. The summed E-state index contributed by atoms with van der Waals surface area (Å²) >= 11 is 0. The van der Waals surface area contributed by atoms with Gasteiger partial charge in [0.2, 0.25) is 0 Å². The SMILES string of the molecule is CN1CCC[C@@H](Cn2c(=O)[nH]c3ccccc32)C1. The Bertz CT molecular complexity index is 598. The number of likely N-dealkylation sites (tertiary alicyclic amines) is 1. The molecular weight excluding hydrogens is 226 g/mol. The van der Waals surface area contributed by atoms with E-state index in [0.29, 0.717) is 5.92 Å². The lowest BCUT2D eigenvalue weighted by atomic mass is 9.98. The smallest absolute Gasteiger partial charge is 0.306 e. The lowest BCUT2D eigenvalue weighted by molar-refractivity contribution is 0.194. The van der Waals surface area contributed by atoms with Gasteiger partial charge in [0.25, 0.3) is 0 Å². The van der Waals surface area contributed by atoms with Crippen molar-refractivity contribution in [3.8, 4) is 0 Å². The first-order valence-corrected chi connectivity index (χ1v) is 6.60. The van der Waals surface area contributed by atoms with Crippen LogP contribution in [0.2, 0.25) is 0 Å². The first kappa shape index (κ1) is 11.5. The molecule has 0 saturated carbocycles. The highest BCUT2D eigenvalue weighted by Gasteiger charge is 2.19. The Balaban J connectivity index is 1.90. The van der Waals surface area contributed by atoms with E-state index in [1.165, 1.54) is 19.4 Å². The molecule has 0 amide bonds. The van der Waals surface area contributed by atoms with Crippen LogP contribution in [0, 0.1) is 5.92 Å². The number of aromatic nitrogens is 2. The monoisotopic (exact) mass is 245 g/mol. The Labute approximate surface area is 106 Å². The van der Waals surface area contributed by atoms with Crippen molar-refractivity contribution in [2.75, 3.05) is 20.1 Å². The average Bonchev–Trinajstić information content (AvgIpc) is 2.66. The van der Waals surface area contributed by atoms with E-state index in [-0.39, 0.29) is 5.69 Å². The number of piperidine rings is 1. The summed E-state index contributed by atoms with van der Waals surface area (Å²) in [6.07, 6.45) is 2.45. The van der Waals surface area contributed by atoms with Crippen LogP contribution in [0.4, 0.5) is 0 Å². The zero-order valence-electron chi connectivity index (χ0n) is 10.7. The van der Waals surface area contributed by atoms with E-state index in [0.717, 1.165) is 24.1 Å². The van der Waals surface area contributed by atoms with Crippen molar-refractivity contribution in [2.45, 2.75) is 19.4 Å². The first-order chi connectivity index (χ1) is 8.74. The van der Waals surface area contributed by atoms with Crippen molar-refractivity contribution in [3.63, 3.8) is 0 Å². The molecule has 0 unspecified atom stereocenters. The molecule has 2 aromatic rings. The lowest BCUT2D eigenvalue weighted by Crippen LogP contribution is -2.35. The van der Waals surface area contributed by atoms with E-state index >= 15 is 0 Å². The van der Waals surface area contributed by atoms with Gasteiger partial charge >= 0.3 is 5.69 Å². The molecule has 1 aliphatic heterocycles. The van der Waals surface area contributed by atoms with Gasteiger partial charge in [-0.25, -0.2) is 4.79 Å². The standard InChI is InChI=1S/C14H19N3O/c1-16-8-4-5-11(9-16)10-17-13-7-3-2-6-12(13)15-14(17)18/h2-3,6-7,11H,4-5,8-10H2,1H3,(H,15,18)/t11-/m1/s1. The van der Waals surface area contributed by atoms with E-state index in [2.05, 4.69) is 16.9 Å². The van der Waals surface area contributed by atoms with Crippen molar-refractivity contribution in [3.05, 3.63) is 34.7 Å². The molecule has 18 heavy (non-hydrogen) atoms. The molecule has 0 radical (unpaired) electrons. The second-order valence-electron chi connectivity index (χ2n) is 5.33. The summed E-state index contributed by atoms with van der Waals surface area (Å²) in [6, 6.07) is 7.91. The maximum Gasteiger partial charge on any atom is 0.326 e. The fourth-order valence-corrected chi connectivity index (χ4v) is 2.97. The number of nitrogens with one attached hydrogen (secondary N) is 1. The molecule has 1 aromatic carbocycles. The van der Waals surface area contributed by atoms with Gasteiger partial charge in [-0.3, -0.25) is 4.57 Å². The predicted molar refractivity (Wildman–Crippen MR) is 72.8 cm³/mol. The first-order valence-electron chi connectivity index (χ1n) is 6.60. The van der Waals surface area contributed by atoms with Crippen LogP contribution in [0.15, 0.2) is 29.1 Å². The van der Waals surface area contributed by atoms with Gasteiger partial charge in [0.15, 0.2) is 0 Å². The van der Waals surface area contributed by atoms with Crippen LogP contribution >= 0.6 is 0 Å². The topological polar surface area (TPSA) is 41.0 Å². The third kappa shape index (κ3) is 2.08. The maximum atomic E-state index is 12.0. The summed E-state index contributed by atoms with van der Waals surface area (Å²) < 4.78 is 1.89. The highest BCUT2D eigenvalue weighted by atomic mass is 16.1. The van der Waals surface area contributed by atoms with Crippen LogP contribution in [-0.2, 0) is 6.54 Å². The Morgan fingerprint density at radius 1 is 1.39 bits per heavy atom. The van der Waals surface area contributed by atoms with E-state index in [4.69, 9.17) is 0 Å². The fourth-order valence-electron chi connectivity index (χ4n) is 2.97. The molecule has 4 heteroatoms. The number of aromatic amines is 1. The van der Waals surface area contributed by atoms with Crippen molar-refractivity contribution in [2.24, 2.45) is 5.92 Å². The van der Waals surface area contributed by atoms with Crippen molar-refractivity contribution in [1.29, 1.82) is 0 Å². The van der Waals surface area contributed by atoms with Gasteiger partial charge in [0, 0.05) is 13.1 Å². The highest BCUT2D eigenvalue weighted by molar-refractivity contribution is 5.74. The number of para-hydroxylation sites is 2. The van der Waals surface area contributed by atoms with Gasteiger partial charge in [-0.05, 0) is 44.5 Å². The zero-order valence-corrected chi connectivity index (χ0v) is 10.7. The van der Waals surface area contributed by atoms with Gasteiger partial charge < -0.3 is 9.88 Å². The summed E-state index contributed by atoms with van der Waals surface area (Å²) in [7, 11) is 2.16. The number of nitrogens with zero attached hydrogens (tertiary/aromatic N) is 2. The number of H-pyrrole nitrogens is 1. The molecule has 0 aliphatic carbocycles. The second kappa shape index (κ2) is 4.61. The Kier molecular flexibility index (Phi) is 2.96. The molecule has 1 aromatic heterocycles. The van der Waals surface area contributed by atoms with Crippen LogP contribution in [0.25, 0.3) is 11.0 Å². The molecule has 0 spiro atoms. The quantitative estimate of drug-likeness (QED) is 0.874. The van der Waals surface area contributed by atoms with Crippen LogP contribution in [0.1, 0.15) is 12.8 Å². The molecule has 1 atom stereocenters. The molecule has 1 N–H and O–H groups in total. The molecule has 1 fully saturated rings. The molecule has 1 saturated heterocycles. The summed E-state index contributed by atoms with van der Waals surface area (Å²) in [4.78, 5) is 17.3. The third-order valence-corrected chi connectivity index (χ3v) is 3.84. The number of hydrogen-bond donors (Lipinski definition) is 1. The normalized spacial score (nSPS) is 21.5. The molecule has 3 rings (SSSR count). The molecule has 4 nitrogen and oxygen atoms in total. The second-order valence-corrected chi connectivity index (χ2v) is 5.33. The van der Waals surface area contributed by atoms with Crippen LogP contribution in [0.3, 0.4) is 0 Å². The van der Waals surface area contributed by atoms with E-state index in [9.17, 15) is 4.79 Å². The number of hydrogen-bond acceptors (Lipinski definition) is 2. The number of benzene rings is 1. The maximum absolute atomic E-state index is 12.0. The van der Waals surface area contributed by atoms with Crippen LogP contribution in [-0.4, -0.2) is 34.6 Å². The van der Waals surface area contributed by atoms with Crippen molar-refractivity contribution >= 4 is 11.0 Å². The van der Waals surface area contributed by atoms with Gasteiger partial charge in [0.05, 0.1) is 11.0 Å². The van der Waals surface area contributed by atoms with Crippen LogP contribution < -0.4 is 5.69 Å². The summed E-state index contributed by atoms with van der Waals surface area (Å²) in [5.74, 6) is 0.584. The minimum Gasteiger partial charge on any atom is -0.306 e. The predicted octanol–water partition coefficient (Wildman–Crippen LogP) is 1.67. The van der Waals surface area contributed by atoms with Gasteiger partial charge in [-0.15, -0.1) is 0 Å². The summed E-state index contributed by atoms with van der Waals surface area (Å²) in [5.41, 5.74) is 1.98. The summed E-state index contributed by atoms with van der Waals surface area (Å²) in [5, 5.41) is 0. The highest BCUT2D eigenvalue weighted by Crippen LogP contribution is 2.18. The van der Waals surface area contributed by atoms with Crippen molar-refractivity contribution in [1.82, 2.24) is 14.5 Å². The fraction of sp³-hybridized carbons (Fsp3) is 0.500. The average molecular weight is 245 g/mol. The number of imidazole rings is 1. The molecule has 0 bridgehead atoms. The number of rotatable bonds is 2. The molecule has 96 valence electrons. The Hall–Kier alpha value is -1.55.